The van der Waals surface area contributed by atoms with E-state index in [1.807, 2.05) is 24.3 Å². The summed E-state index contributed by atoms with van der Waals surface area (Å²) in [6.07, 6.45) is 3.15. The number of aromatic amines is 1. The van der Waals surface area contributed by atoms with Crippen molar-refractivity contribution in [1.29, 1.82) is 0 Å². The molecule has 0 saturated carbocycles. The van der Waals surface area contributed by atoms with Gasteiger partial charge in [-0.1, -0.05) is 41.9 Å². The molecule has 6 nitrogen and oxygen atoms in total. The molecule has 0 saturated heterocycles. The number of halogens is 1. The summed E-state index contributed by atoms with van der Waals surface area (Å²) in [4.78, 5) is 12.2. The molecule has 0 radical (unpaired) electrons. The molecular weight excluding hydrogens is 406 g/mol. The molecule has 0 aliphatic heterocycles. The Morgan fingerprint density at radius 2 is 2.04 bits per heavy atom. The Labute approximate surface area is 165 Å². The third kappa shape index (κ3) is 3.28. The number of nitrogens with zero attached hydrogens (tertiary/aromatic N) is 4. The molecule has 4 aromatic rings. The van der Waals surface area contributed by atoms with E-state index in [0.29, 0.717) is 0 Å². The molecule has 0 unspecified atom stereocenters. The second-order valence-corrected chi connectivity index (χ2v) is 7.75. The maximum atomic E-state index is 9.55. The number of imidazole rings is 1. The predicted molar refractivity (Wildman–Crippen MR) is 109 cm³/mol. The van der Waals surface area contributed by atoms with E-state index in [2.05, 4.69) is 57.0 Å². The Balaban J connectivity index is 1.87. The van der Waals surface area contributed by atoms with Gasteiger partial charge in [-0.25, -0.2) is 14.6 Å². The second kappa shape index (κ2) is 6.90. The first-order chi connectivity index (χ1) is 13.0. The summed E-state index contributed by atoms with van der Waals surface area (Å²) >= 11 is 3.60. The molecule has 2 heterocycles. The Morgan fingerprint density at radius 3 is 2.74 bits per heavy atom. The van der Waals surface area contributed by atoms with Gasteiger partial charge in [0.1, 0.15) is 18.5 Å². The van der Waals surface area contributed by atoms with Crippen LogP contribution in [0.15, 0.2) is 49.1 Å². The first-order valence-corrected chi connectivity index (χ1v) is 9.79. The summed E-state index contributed by atoms with van der Waals surface area (Å²) in [5.74, 6) is 0.736. The minimum atomic E-state index is -0.0333. The number of hydrogen-bond acceptors (Lipinski definition) is 4. The Hall–Kier alpha value is -2.51. The van der Waals surface area contributed by atoms with Crippen LogP contribution in [0.2, 0.25) is 0 Å². The number of aliphatic hydroxyl groups is 1. The fourth-order valence-corrected chi connectivity index (χ4v) is 3.36. The van der Waals surface area contributed by atoms with Crippen LogP contribution in [0.25, 0.3) is 28.1 Å². The van der Waals surface area contributed by atoms with E-state index < -0.39 is 0 Å². The van der Waals surface area contributed by atoms with Gasteiger partial charge in [0.25, 0.3) is 0 Å². The highest BCUT2D eigenvalue weighted by atomic mass is 79.9. The standard InChI is InChI=1S/C20H20BrN5O/c1-20(2,10-21)14-4-5-16-17(8-14)25-19(24-16)15-7-13(9-27)3-6-18(15)26-12-22-11-23-26/h3-8,11-12,27H,9-10H2,1-2H3,(H,24,25). The largest absolute Gasteiger partial charge is 0.392 e. The van der Waals surface area contributed by atoms with E-state index in [1.165, 1.54) is 11.9 Å². The van der Waals surface area contributed by atoms with E-state index in [4.69, 9.17) is 4.98 Å². The van der Waals surface area contributed by atoms with E-state index in [9.17, 15) is 5.11 Å². The van der Waals surface area contributed by atoms with E-state index in [0.717, 1.165) is 39.0 Å². The molecule has 0 bridgehead atoms. The van der Waals surface area contributed by atoms with Gasteiger partial charge < -0.3 is 10.1 Å². The quantitative estimate of drug-likeness (QED) is 0.474. The zero-order chi connectivity index (χ0) is 19.0. The maximum absolute atomic E-state index is 9.55. The molecule has 0 amide bonds. The number of aromatic nitrogens is 5. The number of aliphatic hydroxyl groups excluding tert-OH is 1. The number of rotatable bonds is 5. The van der Waals surface area contributed by atoms with Crippen molar-refractivity contribution in [3.8, 4) is 17.1 Å². The summed E-state index contributed by atoms with van der Waals surface area (Å²) in [5, 5.41) is 14.7. The van der Waals surface area contributed by atoms with Crippen molar-refractivity contribution >= 4 is 27.0 Å². The zero-order valence-corrected chi connectivity index (χ0v) is 16.7. The zero-order valence-electron chi connectivity index (χ0n) is 15.1. The van der Waals surface area contributed by atoms with Crippen LogP contribution >= 0.6 is 15.9 Å². The molecule has 0 aliphatic carbocycles. The monoisotopic (exact) mass is 425 g/mol. The SMILES string of the molecule is CC(C)(CBr)c1ccc2nc(-c3cc(CO)ccc3-n3cncn3)[nH]c2c1. The van der Waals surface area contributed by atoms with Gasteiger partial charge in [-0.05, 0) is 40.8 Å². The lowest BCUT2D eigenvalue weighted by Gasteiger charge is -2.22. The molecule has 7 heteroatoms. The Bertz CT molecular complexity index is 1090. The number of benzene rings is 2. The third-order valence-electron chi connectivity index (χ3n) is 4.76. The summed E-state index contributed by atoms with van der Waals surface area (Å²) < 4.78 is 1.70. The van der Waals surface area contributed by atoms with Crippen molar-refractivity contribution in [3.63, 3.8) is 0 Å². The fourth-order valence-electron chi connectivity index (χ4n) is 3.04. The van der Waals surface area contributed by atoms with Crippen molar-refractivity contribution in [2.24, 2.45) is 0 Å². The van der Waals surface area contributed by atoms with Crippen LogP contribution in [0.1, 0.15) is 25.0 Å². The van der Waals surface area contributed by atoms with Crippen LogP contribution in [0.5, 0.6) is 0 Å². The maximum Gasteiger partial charge on any atom is 0.140 e. The first kappa shape index (κ1) is 17.9. The summed E-state index contributed by atoms with van der Waals surface area (Å²) in [6, 6.07) is 12.0. The van der Waals surface area contributed by atoms with Crippen LogP contribution in [0, 0.1) is 0 Å². The molecule has 0 aliphatic rings. The molecule has 138 valence electrons. The van der Waals surface area contributed by atoms with E-state index in [-0.39, 0.29) is 12.0 Å². The molecule has 2 aromatic carbocycles. The average molecular weight is 426 g/mol. The van der Waals surface area contributed by atoms with Gasteiger partial charge in [-0.3, -0.25) is 0 Å². The van der Waals surface area contributed by atoms with Crippen molar-refractivity contribution in [2.45, 2.75) is 25.9 Å². The molecule has 2 N–H and O–H groups in total. The van der Waals surface area contributed by atoms with Gasteiger partial charge in [0, 0.05) is 10.9 Å². The van der Waals surface area contributed by atoms with Crippen molar-refractivity contribution in [3.05, 3.63) is 60.2 Å². The Morgan fingerprint density at radius 1 is 1.19 bits per heavy atom. The van der Waals surface area contributed by atoms with Gasteiger partial charge in [0.05, 0.1) is 23.3 Å². The number of H-pyrrole nitrogens is 1. The van der Waals surface area contributed by atoms with Crippen molar-refractivity contribution in [1.82, 2.24) is 24.7 Å². The van der Waals surface area contributed by atoms with Gasteiger partial charge in [0.2, 0.25) is 0 Å². The van der Waals surface area contributed by atoms with E-state index >= 15 is 0 Å². The van der Waals surface area contributed by atoms with Crippen LogP contribution in [-0.2, 0) is 12.0 Å². The molecule has 27 heavy (non-hydrogen) atoms. The van der Waals surface area contributed by atoms with Crippen LogP contribution in [0.3, 0.4) is 0 Å². The molecule has 0 spiro atoms. The van der Waals surface area contributed by atoms with Crippen molar-refractivity contribution in [2.75, 3.05) is 5.33 Å². The number of nitrogens with one attached hydrogen (secondary N) is 1. The van der Waals surface area contributed by atoms with Gasteiger partial charge in [-0.2, -0.15) is 5.10 Å². The molecule has 2 aromatic heterocycles. The lowest BCUT2D eigenvalue weighted by atomic mass is 9.87. The third-order valence-corrected chi connectivity index (χ3v) is 6.16. The van der Waals surface area contributed by atoms with Gasteiger partial charge >= 0.3 is 0 Å². The normalized spacial score (nSPS) is 12.0. The highest BCUT2D eigenvalue weighted by Gasteiger charge is 2.20. The van der Waals surface area contributed by atoms with Crippen LogP contribution in [-0.4, -0.2) is 35.2 Å². The molecule has 0 atom stereocenters. The van der Waals surface area contributed by atoms with Gasteiger partial charge in [0.15, 0.2) is 0 Å². The van der Waals surface area contributed by atoms with Crippen molar-refractivity contribution < 1.29 is 5.11 Å². The summed E-state index contributed by atoms with van der Waals surface area (Å²) in [5.41, 5.74) is 5.68. The van der Waals surface area contributed by atoms with Crippen LogP contribution in [0.4, 0.5) is 0 Å². The minimum Gasteiger partial charge on any atom is -0.392 e. The van der Waals surface area contributed by atoms with Gasteiger partial charge in [-0.15, -0.1) is 0 Å². The number of fused-ring (bicyclic) bond motifs is 1. The highest BCUT2D eigenvalue weighted by molar-refractivity contribution is 9.09. The Kier molecular flexibility index (Phi) is 4.57. The lowest BCUT2D eigenvalue weighted by molar-refractivity contribution is 0.282. The average Bonchev–Trinajstić information content (AvgIpc) is 3.36. The number of hydrogen-bond donors (Lipinski definition) is 2. The molecular formula is C20H20BrN5O. The molecule has 4 rings (SSSR count). The number of alkyl halides is 1. The summed E-state index contributed by atoms with van der Waals surface area (Å²) in [7, 11) is 0. The topological polar surface area (TPSA) is 79.6 Å². The van der Waals surface area contributed by atoms with Crippen LogP contribution < -0.4 is 0 Å². The van der Waals surface area contributed by atoms with E-state index in [1.54, 1.807) is 11.0 Å². The minimum absolute atomic E-state index is 0.0299. The highest BCUT2D eigenvalue weighted by Crippen LogP contribution is 2.31. The predicted octanol–water partition coefficient (Wildman–Crippen LogP) is 3.98. The lowest BCUT2D eigenvalue weighted by Crippen LogP contribution is -2.18. The summed E-state index contributed by atoms with van der Waals surface area (Å²) in [6.45, 7) is 4.37. The second-order valence-electron chi connectivity index (χ2n) is 7.18. The molecule has 0 fully saturated rings. The smallest absolute Gasteiger partial charge is 0.140 e. The fraction of sp³-hybridized carbons (Fsp3) is 0.250. The first-order valence-electron chi connectivity index (χ1n) is 8.67.